The minimum absolute atomic E-state index is 0.324. The van der Waals surface area contributed by atoms with Gasteiger partial charge in [-0.25, -0.2) is 8.42 Å². The van der Waals surface area contributed by atoms with Crippen LogP contribution in [0.5, 0.6) is 5.75 Å². The van der Waals surface area contributed by atoms with E-state index in [4.69, 9.17) is 4.74 Å². The molecule has 136 valence electrons. The average Bonchev–Trinajstić information content (AvgIpc) is 3.02. The van der Waals surface area contributed by atoms with E-state index >= 15 is 0 Å². The van der Waals surface area contributed by atoms with E-state index in [-0.39, 0.29) is 0 Å². The molecule has 2 aromatic rings. The molecule has 8 nitrogen and oxygen atoms in total. The Bertz CT molecular complexity index is 836. The molecule has 0 radical (unpaired) electrons. The summed E-state index contributed by atoms with van der Waals surface area (Å²) in [6.07, 6.45) is 2.90. The zero-order valence-corrected chi connectivity index (χ0v) is 16.5. The Kier molecular flexibility index (Phi) is 6.25. The lowest BCUT2D eigenvalue weighted by molar-refractivity contribution is -0.116. The second kappa shape index (κ2) is 8.02. The number of hydrogen-bond donors (Lipinski definition) is 1. The van der Waals surface area contributed by atoms with Gasteiger partial charge in [0.15, 0.2) is 4.34 Å². The number of anilines is 2. The van der Waals surface area contributed by atoms with Crippen molar-refractivity contribution in [2.75, 3.05) is 29.2 Å². The van der Waals surface area contributed by atoms with Crippen LogP contribution in [0.25, 0.3) is 0 Å². The van der Waals surface area contributed by atoms with E-state index in [2.05, 4.69) is 15.5 Å². The standard InChI is InChI=1S/C14H18N4O4S3/c1-9(12(19)15-13-16-17-14(23-3)24-13)18(25(4,20)21)10-5-7-11(22-2)8-6-10/h5-9H,1-4H3,(H,15,16,19)/t9-/m0/s1. The van der Waals surface area contributed by atoms with E-state index in [1.54, 1.807) is 24.3 Å². The summed E-state index contributed by atoms with van der Waals surface area (Å²) >= 11 is 2.63. The highest BCUT2D eigenvalue weighted by Gasteiger charge is 2.29. The van der Waals surface area contributed by atoms with Crippen molar-refractivity contribution in [3.8, 4) is 5.75 Å². The first-order valence-corrected chi connectivity index (χ1v) is 11.0. The second-order valence-electron chi connectivity index (χ2n) is 5.00. The number of hydrogen-bond acceptors (Lipinski definition) is 8. The van der Waals surface area contributed by atoms with Gasteiger partial charge >= 0.3 is 0 Å². The van der Waals surface area contributed by atoms with Gasteiger partial charge in [0, 0.05) is 0 Å². The molecule has 1 heterocycles. The molecule has 0 bridgehead atoms. The molecule has 0 aliphatic carbocycles. The maximum atomic E-state index is 12.5. The van der Waals surface area contributed by atoms with Crippen molar-refractivity contribution < 1.29 is 17.9 Å². The first kappa shape index (κ1) is 19.5. The number of aromatic nitrogens is 2. The lowest BCUT2D eigenvalue weighted by atomic mass is 10.2. The van der Waals surface area contributed by atoms with Gasteiger partial charge in [-0.1, -0.05) is 23.1 Å². The number of amides is 1. The highest BCUT2D eigenvalue weighted by Crippen LogP contribution is 2.26. The van der Waals surface area contributed by atoms with E-state index in [0.717, 1.165) is 10.6 Å². The molecule has 0 aliphatic heterocycles. The lowest BCUT2D eigenvalue weighted by Gasteiger charge is -2.27. The molecule has 0 aliphatic rings. The SMILES string of the molecule is COc1ccc(N([C@@H](C)C(=O)Nc2nnc(SC)s2)S(C)(=O)=O)cc1. The van der Waals surface area contributed by atoms with Crippen LogP contribution in [-0.2, 0) is 14.8 Å². The summed E-state index contributed by atoms with van der Waals surface area (Å²) in [5.74, 6) is 0.0952. The third kappa shape index (κ3) is 4.83. The number of sulfonamides is 1. The Hall–Kier alpha value is -1.85. The molecule has 0 saturated carbocycles. The topological polar surface area (TPSA) is 101 Å². The summed E-state index contributed by atoms with van der Waals surface area (Å²) in [5.41, 5.74) is 0.369. The third-order valence-electron chi connectivity index (χ3n) is 3.23. The van der Waals surface area contributed by atoms with E-state index in [1.807, 2.05) is 6.26 Å². The number of thioether (sulfide) groups is 1. The van der Waals surface area contributed by atoms with Crippen molar-refractivity contribution in [3.05, 3.63) is 24.3 Å². The van der Waals surface area contributed by atoms with Gasteiger partial charge in [-0.2, -0.15) is 0 Å². The Balaban J connectivity index is 2.25. The summed E-state index contributed by atoms with van der Waals surface area (Å²) in [6.45, 7) is 1.51. The predicted molar refractivity (Wildman–Crippen MR) is 100 cm³/mol. The van der Waals surface area contributed by atoms with Crippen LogP contribution >= 0.6 is 23.1 Å². The van der Waals surface area contributed by atoms with Crippen molar-refractivity contribution in [1.82, 2.24) is 10.2 Å². The van der Waals surface area contributed by atoms with Crippen LogP contribution in [0, 0.1) is 0 Å². The molecule has 0 unspecified atom stereocenters. The van der Waals surface area contributed by atoms with E-state index in [0.29, 0.717) is 20.9 Å². The molecule has 11 heteroatoms. The Labute approximate surface area is 154 Å². The minimum atomic E-state index is -3.68. The molecule has 25 heavy (non-hydrogen) atoms. The Morgan fingerprint density at radius 2 is 1.96 bits per heavy atom. The van der Waals surface area contributed by atoms with Crippen molar-refractivity contribution in [2.45, 2.75) is 17.3 Å². The number of methoxy groups -OCH3 is 1. The van der Waals surface area contributed by atoms with Crippen LogP contribution < -0.4 is 14.4 Å². The van der Waals surface area contributed by atoms with Gasteiger partial charge in [-0.05, 0) is 37.4 Å². The summed E-state index contributed by atoms with van der Waals surface area (Å²) in [7, 11) is -2.16. The fourth-order valence-electron chi connectivity index (χ4n) is 2.09. The molecule has 0 saturated heterocycles. The van der Waals surface area contributed by atoms with Crippen LogP contribution in [0.4, 0.5) is 10.8 Å². The third-order valence-corrected chi connectivity index (χ3v) is 6.28. The molecule has 1 amide bonds. The Morgan fingerprint density at radius 1 is 1.32 bits per heavy atom. The van der Waals surface area contributed by atoms with Gasteiger partial charge in [0.05, 0.1) is 19.1 Å². The van der Waals surface area contributed by atoms with Gasteiger partial charge in [0.1, 0.15) is 11.8 Å². The van der Waals surface area contributed by atoms with Gasteiger partial charge in [-0.15, -0.1) is 10.2 Å². The maximum absolute atomic E-state index is 12.5. The monoisotopic (exact) mass is 402 g/mol. The summed E-state index contributed by atoms with van der Waals surface area (Å²) in [4.78, 5) is 12.5. The van der Waals surface area contributed by atoms with E-state index < -0.39 is 22.0 Å². The van der Waals surface area contributed by atoms with Crippen LogP contribution in [-0.4, -0.2) is 50.2 Å². The van der Waals surface area contributed by atoms with Crippen molar-refractivity contribution in [3.63, 3.8) is 0 Å². The molecule has 1 N–H and O–H groups in total. The largest absolute Gasteiger partial charge is 0.497 e. The molecule has 1 aromatic heterocycles. The summed E-state index contributed by atoms with van der Waals surface area (Å²) < 4.78 is 31.3. The van der Waals surface area contributed by atoms with Crippen molar-refractivity contribution >= 4 is 49.8 Å². The fraction of sp³-hybridized carbons (Fsp3) is 0.357. The molecule has 0 spiro atoms. The van der Waals surface area contributed by atoms with Crippen molar-refractivity contribution in [1.29, 1.82) is 0 Å². The molecule has 2 rings (SSSR count). The molecular formula is C14H18N4O4S3. The maximum Gasteiger partial charge on any atom is 0.249 e. The minimum Gasteiger partial charge on any atom is -0.497 e. The fourth-order valence-corrected chi connectivity index (χ4v) is 4.44. The van der Waals surface area contributed by atoms with Crippen LogP contribution in [0.15, 0.2) is 28.6 Å². The zero-order chi connectivity index (χ0) is 18.6. The van der Waals surface area contributed by atoms with Crippen molar-refractivity contribution in [2.24, 2.45) is 0 Å². The Morgan fingerprint density at radius 3 is 2.44 bits per heavy atom. The first-order chi connectivity index (χ1) is 11.8. The number of ether oxygens (including phenoxy) is 1. The summed E-state index contributed by atoms with van der Waals surface area (Å²) in [6, 6.07) is 5.47. The molecular weight excluding hydrogens is 384 g/mol. The normalized spacial score (nSPS) is 12.5. The van der Waals surface area contributed by atoms with Gasteiger partial charge in [-0.3, -0.25) is 14.4 Å². The average molecular weight is 403 g/mol. The highest BCUT2D eigenvalue weighted by atomic mass is 32.2. The first-order valence-electron chi connectivity index (χ1n) is 7.08. The van der Waals surface area contributed by atoms with Crippen LogP contribution in [0.2, 0.25) is 0 Å². The van der Waals surface area contributed by atoms with Gasteiger partial charge in [0.2, 0.25) is 21.1 Å². The number of nitrogens with one attached hydrogen (secondary N) is 1. The second-order valence-corrected chi connectivity index (χ2v) is 8.89. The predicted octanol–water partition coefficient (Wildman–Crippen LogP) is 2.06. The quantitative estimate of drug-likeness (QED) is 0.559. The summed E-state index contributed by atoms with van der Waals surface area (Å²) in [5, 5.41) is 10.7. The molecule has 1 atom stereocenters. The van der Waals surface area contributed by atoms with E-state index in [9.17, 15) is 13.2 Å². The van der Waals surface area contributed by atoms with Crippen LogP contribution in [0.3, 0.4) is 0 Å². The number of carbonyl (C=O) groups is 1. The van der Waals surface area contributed by atoms with E-state index in [1.165, 1.54) is 37.1 Å². The van der Waals surface area contributed by atoms with Gasteiger partial charge < -0.3 is 4.74 Å². The molecule has 1 aromatic carbocycles. The number of nitrogens with zero attached hydrogens (tertiary/aromatic N) is 3. The smallest absolute Gasteiger partial charge is 0.249 e. The van der Waals surface area contributed by atoms with Crippen LogP contribution in [0.1, 0.15) is 6.92 Å². The number of rotatable bonds is 7. The number of carbonyl (C=O) groups excluding carboxylic acids is 1. The lowest BCUT2D eigenvalue weighted by Crippen LogP contribution is -2.45. The number of benzene rings is 1. The molecule has 0 fully saturated rings. The van der Waals surface area contributed by atoms with Gasteiger partial charge in [0.25, 0.3) is 0 Å². The zero-order valence-electron chi connectivity index (χ0n) is 14.1. The highest BCUT2D eigenvalue weighted by molar-refractivity contribution is 8.00.